The van der Waals surface area contributed by atoms with E-state index in [9.17, 15) is 4.39 Å². The van der Waals surface area contributed by atoms with Gasteiger partial charge in [-0.1, -0.05) is 35.9 Å². The van der Waals surface area contributed by atoms with E-state index in [0.717, 1.165) is 16.1 Å². The molecule has 2 aromatic rings. The largest absolute Gasteiger partial charge is 0.306 e. The number of hydrogen-bond acceptors (Lipinski definition) is 1. The van der Waals surface area contributed by atoms with E-state index < -0.39 is 0 Å². The predicted molar refractivity (Wildman–Crippen MR) is 73.1 cm³/mol. The zero-order chi connectivity index (χ0) is 13.0. The van der Waals surface area contributed by atoms with Crippen molar-refractivity contribution in [2.75, 3.05) is 0 Å². The zero-order valence-corrected chi connectivity index (χ0v) is 10.9. The smallest absolute Gasteiger partial charge is 0.123 e. The van der Waals surface area contributed by atoms with E-state index in [4.69, 9.17) is 11.6 Å². The molecule has 0 spiro atoms. The third-order valence-electron chi connectivity index (χ3n) is 2.87. The third-order valence-corrected chi connectivity index (χ3v) is 3.12. The summed E-state index contributed by atoms with van der Waals surface area (Å²) in [6.45, 7) is 2.71. The van der Waals surface area contributed by atoms with Gasteiger partial charge in [0.15, 0.2) is 0 Å². The summed E-state index contributed by atoms with van der Waals surface area (Å²) >= 11 is 5.84. The van der Waals surface area contributed by atoms with Gasteiger partial charge in [0.1, 0.15) is 5.82 Å². The van der Waals surface area contributed by atoms with Crippen molar-refractivity contribution in [2.45, 2.75) is 19.5 Å². The van der Waals surface area contributed by atoms with Crippen LogP contribution in [0.3, 0.4) is 0 Å². The Bertz CT molecular complexity index is 510. The molecule has 0 aliphatic rings. The maximum atomic E-state index is 13.0. The van der Waals surface area contributed by atoms with Crippen molar-refractivity contribution in [3.05, 3.63) is 70.5 Å². The molecule has 94 valence electrons. The summed E-state index contributed by atoms with van der Waals surface area (Å²) in [6.07, 6.45) is 0. The first-order valence-corrected chi connectivity index (χ1v) is 6.26. The van der Waals surface area contributed by atoms with Crippen LogP contribution in [-0.4, -0.2) is 0 Å². The molecule has 1 N–H and O–H groups in total. The number of halogens is 2. The van der Waals surface area contributed by atoms with Crippen LogP contribution in [0.4, 0.5) is 4.39 Å². The van der Waals surface area contributed by atoms with Gasteiger partial charge in [-0.3, -0.25) is 0 Å². The number of hydrogen-bond donors (Lipinski definition) is 1. The molecule has 0 aliphatic heterocycles. The van der Waals surface area contributed by atoms with Crippen LogP contribution < -0.4 is 5.32 Å². The Kier molecular flexibility index (Phi) is 4.34. The van der Waals surface area contributed by atoms with Crippen molar-refractivity contribution in [2.24, 2.45) is 0 Å². The maximum Gasteiger partial charge on any atom is 0.123 e. The molecular weight excluding hydrogens is 249 g/mol. The normalized spacial score (nSPS) is 12.4. The first-order valence-electron chi connectivity index (χ1n) is 5.88. The topological polar surface area (TPSA) is 12.0 Å². The molecule has 0 aliphatic carbocycles. The highest BCUT2D eigenvalue weighted by molar-refractivity contribution is 6.30. The van der Waals surface area contributed by atoms with Crippen LogP contribution in [-0.2, 0) is 6.54 Å². The fraction of sp³-hybridized carbons (Fsp3) is 0.200. The SMILES string of the molecule is CC(NCc1cccc(F)c1)c1ccc(Cl)cc1. The van der Waals surface area contributed by atoms with Gasteiger partial charge in [-0.15, -0.1) is 0 Å². The van der Waals surface area contributed by atoms with Crippen molar-refractivity contribution in [3.63, 3.8) is 0 Å². The van der Waals surface area contributed by atoms with Gasteiger partial charge in [-0.25, -0.2) is 4.39 Å². The zero-order valence-electron chi connectivity index (χ0n) is 10.2. The highest BCUT2D eigenvalue weighted by Crippen LogP contribution is 2.16. The molecule has 18 heavy (non-hydrogen) atoms. The van der Waals surface area contributed by atoms with Crippen LogP contribution in [0.15, 0.2) is 48.5 Å². The minimum absolute atomic E-state index is 0.200. The molecule has 0 bridgehead atoms. The van der Waals surface area contributed by atoms with Crippen LogP contribution in [0.25, 0.3) is 0 Å². The Morgan fingerprint density at radius 3 is 2.56 bits per heavy atom. The summed E-state index contributed by atoms with van der Waals surface area (Å²) in [5, 5.41) is 4.08. The summed E-state index contributed by atoms with van der Waals surface area (Å²) in [7, 11) is 0. The van der Waals surface area contributed by atoms with E-state index in [1.165, 1.54) is 6.07 Å². The fourth-order valence-corrected chi connectivity index (χ4v) is 1.91. The number of benzene rings is 2. The van der Waals surface area contributed by atoms with E-state index in [0.29, 0.717) is 6.54 Å². The molecule has 2 aromatic carbocycles. The lowest BCUT2D eigenvalue weighted by molar-refractivity contribution is 0.569. The lowest BCUT2D eigenvalue weighted by atomic mass is 10.1. The maximum absolute atomic E-state index is 13.0. The fourth-order valence-electron chi connectivity index (χ4n) is 1.79. The Morgan fingerprint density at radius 1 is 1.17 bits per heavy atom. The van der Waals surface area contributed by atoms with Crippen LogP contribution in [0, 0.1) is 5.82 Å². The highest BCUT2D eigenvalue weighted by Gasteiger charge is 2.04. The van der Waals surface area contributed by atoms with Gasteiger partial charge >= 0.3 is 0 Å². The van der Waals surface area contributed by atoms with Gasteiger partial charge in [0.2, 0.25) is 0 Å². The van der Waals surface area contributed by atoms with Crippen LogP contribution in [0.2, 0.25) is 5.02 Å². The third kappa shape index (κ3) is 3.56. The summed E-state index contributed by atoms with van der Waals surface area (Å²) < 4.78 is 13.0. The standard InChI is InChI=1S/C15H15ClFN/c1-11(13-5-7-14(16)8-6-13)18-10-12-3-2-4-15(17)9-12/h2-9,11,18H,10H2,1H3. The molecule has 0 heterocycles. The second-order valence-corrected chi connectivity index (χ2v) is 4.72. The quantitative estimate of drug-likeness (QED) is 0.866. The molecule has 0 amide bonds. The van der Waals surface area contributed by atoms with Crippen molar-refractivity contribution < 1.29 is 4.39 Å². The summed E-state index contributed by atoms with van der Waals surface area (Å²) in [5.74, 6) is -0.201. The molecule has 1 unspecified atom stereocenters. The van der Waals surface area contributed by atoms with Gasteiger partial charge < -0.3 is 5.32 Å². The Morgan fingerprint density at radius 2 is 1.89 bits per heavy atom. The van der Waals surface area contributed by atoms with Crippen LogP contribution in [0.5, 0.6) is 0 Å². The minimum Gasteiger partial charge on any atom is -0.306 e. The molecule has 1 nitrogen and oxygen atoms in total. The first kappa shape index (κ1) is 13.1. The molecule has 0 fully saturated rings. The molecule has 0 saturated carbocycles. The Balaban J connectivity index is 1.96. The van der Waals surface area contributed by atoms with Gasteiger partial charge in [-0.05, 0) is 42.3 Å². The first-order chi connectivity index (χ1) is 8.65. The van der Waals surface area contributed by atoms with Crippen molar-refractivity contribution in [3.8, 4) is 0 Å². The van der Waals surface area contributed by atoms with Gasteiger partial charge in [0, 0.05) is 17.6 Å². The predicted octanol–water partition coefficient (Wildman–Crippen LogP) is 4.33. The van der Waals surface area contributed by atoms with Gasteiger partial charge in [-0.2, -0.15) is 0 Å². The van der Waals surface area contributed by atoms with Crippen molar-refractivity contribution in [1.29, 1.82) is 0 Å². The molecular formula is C15H15ClFN. The van der Waals surface area contributed by atoms with E-state index in [1.807, 2.05) is 30.3 Å². The highest BCUT2D eigenvalue weighted by atomic mass is 35.5. The van der Waals surface area contributed by atoms with E-state index in [-0.39, 0.29) is 11.9 Å². The molecule has 0 saturated heterocycles. The lowest BCUT2D eigenvalue weighted by Crippen LogP contribution is -2.18. The lowest BCUT2D eigenvalue weighted by Gasteiger charge is -2.14. The van der Waals surface area contributed by atoms with E-state index in [2.05, 4.69) is 12.2 Å². The second kappa shape index (κ2) is 5.98. The Labute approximate surface area is 112 Å². The minimum atomic E-state index is -0.201. The number of nitrogens with one attached hydrogen (secondary N) is 1. The Hall–Kier alpha value is -1.38. The molecule has 1 atom stereocenters. The summed E-state index contributed by atoms with van der Waals surface area (Å²) in [4.78, 5) is 0. The van der Waals surface area contributed by atoms with E-state index >= 15 is 0 Å². The van der Waals surface area contributed by atoms with Crippen LogP contribution in [0.1, 0.15) is 24.1 Å². The average Bonchev–Trinajstić information content (AvgIpc) is 2.37. The molecule has 0 aromatic heterocycles. The molecule has 3 heteroatoms. The van der Waals surface area contributed by atoms with Gasteiger partial charge in [0.25, 0.3) is 0 Å². The van der Waals surface area contributed by atoms with Crippen molar-refractivity contribution in [1.82, 2.24) is 5.32 Å². The van der Waals surface area contributed by atoms with Crippen LogP contribution >= 0.6 is 11.6 Å². The average molecular weight is 264 g/mol. The molecule has 0 radical (unpaired) electrons. The monoisotopic (exact) mass is 263 g/mol. The number of rotatable bonds is 4. The van der Waals surface area contributed by atoms with Gasteiger partial charge in [0.05, 0.1) is 0 Å². The molecule has 2 rings (SSSR count). The summed E-state index contributed by atoms with van der Waals surface area (Å²) in [5.41, 5.74) is 2.10. The van der Waals surface area contributed by atoms with Crippen molar-refractivity contribution >= 4 is 11.6 Å². The second-order valence-electron chi connectivity index (χ2n) is 4.28. The summed E-state index contributed by atoms with van der Waals surface area (Å²) in [6, 6.07) is 14.6. The van der Waals surface area contributed by atoms with E-state index in [1.54, 1.807) is 12.1 Å².